The summed E-state index contributed by atoms with van der Waals surface area (Å²) < 4.78 is 42.3. The Bertz CT molecular complexity index is 1100. The van der Waals surface area contributed by atoms with Crippen LogP contribution < -0.4 is 10.6 Å². The Balaban J connectivity index is 1.65. The number of alkyl carbamates (subject to hydrolysis) is 1. The molecule has 0 aromatic heterocycles. The molecule has 3 rings (SSSR count). The minimum absolute atomic E-state index is 0.0802. The van der Waals surface area contributed by atoms with Crippen LogP contribution in [0.5, 0.6) is 0 Å². The summed E-state index contributed by atoms with van der Waals surface area (Å²) in [6.45, 7) is 0.236. The fraction of sp³-hybridized carbons (Fsp3) is 0.231. The highest BCUT2D eigenvalue weighted by Crippen LogP contribution is 2.27. The van der Waals surface area contributed by atoms with E-state index in [-0.39, 0.29) is 26.1 Å². The molecule has 0 unspecified atom stereocenters. The number of hydrogen-bond acceptors (Lipinski definition) is 3. The van der Waals surface area contributed by atoms with E-state index in [0.29, 0.717) is 11.1 Å². The SMILES string of the molecule is O=C(NCc1ccccc1-c1ccccc1C(=O)NCCCC(F)(F)F)OCc1ccccc1. The van der Waals surface area contributed by atoms with E-state index in [0.717, 1.165) is 16.7 Å². The lowest BCUT2D eigenvalue weighted by atomic mass is 9.95. The highest BCUT2D eigenvalue weighted by molar-refractivity contribution is 6.01. The average molecular weight is 470 g/mol. The van der Waals surface area contributed by atoms with E-state index in [9.17, 15) is 22.8 Å². The number of rotatable bonds is 9. The van der Waals surface area contributed by atoms with Crippen molar-refractivity contribution in [2.24, 2.45) is 0 Å². The Morgan fingerprint density at radius 1 is 0.794 bits per heavy atom. The molecule has 0 atom stereocenters. The number of halogens is 3. The van der Waals surface area contributed by atoms with Crippen molar-refractivity contribution in [3.05, 3.63) is 95.6 Å². The van der Waals surface area contributed by atoms with Crippen molar-refractivity contribution >= 4 is 12.0 Å². The fourth-order valence-electron chi connectivity index (χ4n) is 3.38. The van der Waals surface area contributed by atoms with Gasteiger partial charge in [-0.15, -0.1) is 0 Å². The molecule has 3 aromatic rings. The van der Waals surface area contributed by atoms with Crippen molar-refractivity contribution in [3.63, 3.8) is 0 Å². The maximum atomic E-state index is 12.7. The first kappa shape index (κ1) is 24.8. The predicted molar refractivity (Wildman–Crippen MR) is 123 cm³/mol. The summed E-state index contributed by atoms with van der Waals surface area (Å²) in [5.41, 5.74) is 3.32. The number of carbonyl (C=O) groups is 2. The normalized spacial score (nSPS) is 11.0. The fourth-order valence-corrected chi connectivity index (χ4v) is 3.38. The second-order valence-corrected chi connectivity index (χ2v) is 7.59. The van der Waals surface area contributed by atoms with Gasteiger partial charge < -0.3 is 15.4 Å². The van der Waals surface area contributed by atoms with Crippen LogP contribution in [0.4, 0.5) is 18.0 Å². The molecule has 0 spiro atoms. The van der Waals surface area contributed by atoms with E-state index in [1.165, 1.54) is 0 Å². The molecule has 34 heavy (non-hydrogen) atoms. The molecule has 0 saturated heterocycles. The van der Waals surface area contributed by atoms with Crippen LogP contribution in [-0.4, -0.2) is 24.7 Å². The molecule has 0 bridgehead atoms. The quantitative estimate of drug-likeness (QED) is 0.386. The van der Waals surface area contributed by atoms with Crippen molar-refractivity contribution < 1.29 is 27.5 Å². The van der Waals surface area contributed by atoms with E-state index in [4.69, 9.17) is 4.74 Å². The summed E-state index contributed by atoms with van der Waals surface area (Å²) in [4.78, 5) is 24.8. The van der Waals surface area contributed by atoms with Gasteiger partial charge in [-0.25, -0.2) is 4.79 Å². The van der Waals surface area contributed by atoms with Gasteiger partial charge in [-0.05, 0) is 34.7 Å². The van der Waals surface area contributed by atoms with Gasteiger partial charge in [0.15, 0.2) is 0 Å². The summed E-state index contributed by atoms with van der Waals surface area (Å²) in [7, 11) is 0. The lowest BCUT2D eigenvalue weighted by molar-refractivity contribution is -0.135. The summed E-state index contributed by atoms with van der Waals surface area (Å²) in [5, 5.41) is 5.27. The first-order valence-corrected chi connectivity index (χ1v) is 10.8. The Morgan fingerprint density at radius 3 is 2.18 bits per heavy atom. The first-order valence-electron chi connectivity index (χ1n) is 10.8. The van der Waals surface area contributed by atoms with Gasteiger partial charge in [0, 0.05) is 25.1 Å². The minimum atomic E-state index is -4.25. The largest absolute Gasteiger partial charge is 0.445 e. The molecule has 178 valence electrons. The lowest BCUT2D eigenvalue weighted by Crippen LogP contribution is -2.26. The maximum Gasteiger partial charge on any atom is 0.407 e. The van der Waals surface area contributed by atoms with E-state index in [1.807, 2.05) is 54.6 Å². The van der Waals surface area contributed by atoms with Gasteiger partial charge in [0.1, 0.15) is 6.61 Å². The number of nitrogens with one attached hydrogen (secondary N) is 2. The highest BCUT2D eigenvalue weighted by atomic mass is 19.4. The van der Waals surface area contributed by atoms with E-state index >= 15 is 0 Å². The van der Waals surface area contributed by atoms with Crippen molar-refractivity contribution in [1.82, 2.24) is 10.6 Å². The molecular formula is C26H25F3N2O3. The molecule has 0 aliphatic carbocycles. The third kappa shape index (κ3) is 7.65. The van der Waals surface area contributed by atoms with Gasteiger partial charge >= 0.3 is 12.3 Å². The number of alkyl halides is 3. The molecular weight excluding hydrogens is 445 g/mol. The second-order valence-electron chi connectivity index (χ2n) is 7.59. The topological polar surface area (TPSA) is 67.4 Å². The van der Waals surface area contributed by atoms with Gasteiger partial charge in [-0.3, -0.25) is 4.79 Å². The number of carbonyl (C=O) groups excluding carboxylic acids is 2. The highest BCUT2D eigenvalue weighted by Gasteiger charge is 2.26. The van der Waals surface area contributed by atoms with Gasteiger partial charge in [-0.2, -0.15) is 13.2 Å². The summed E-state index contributed by atoms with van der Waals surface area (Å²) in [6.07, 6.45) is -5.97. The Kier molecular flexibility index (Phi) is 8.67. The molecule has 3 aromatic carbocycles. The van der Waals surface area contributed by atoms with Gasteiger partial charge in [0.2, 0.25) is 0 Å². The number of amides is 2. The average Bonchev–Trinajstić information content (AvgIpc) is 2.84. The van der Waals surface area contributed by atoms with Crippen molar-refractivity contribution in [2.75, 3.05) is 6.54 Å². The van der Waals surface area contributed by atoms with Crippen LogP contribution in [0.2, 0.25) is 0 Å². The summed E-state index contributed by atoms with van der Waals surface area (Å²) >= 11 is 0. The van der Waals surface area contributed by atoms with Crippen LogP contribution >= 0.6 is 0 Å². The zero-order valence-corrected chi connectivity index (χ0v) is 18.4. The van der Waals surface area contributed by atoms with E-state index < -0.39 is 24.6 Å². The summed E-state index contributed by atoms with van der Waals surface area (Å²) in [5.74, 6) is -0.456. The van der Waals surface area contributed by atoms with E-state index in [1.54, 1.807) is 24.3 Å². The standard InChI is InChI=1S/C26H25F3N2O3/c27-26(28,29)15-8-16-30-24(32)23-14-7-6-13-22(23)21-12-5-4-11-20(21)17-31-25(33)34-18-19-9-2-1-3-10-19/h1-7,9-14H,8,15-18H2,(H,30,32)(H,31,33). The minimum Gasteiger partial charge on any atom is -0.445 e. The third-order valence-corrected chi connectivity index (χ3v) is 5.04. The van der Waals surface area contributed by atoms with Crippen molar-refractivity contribution in [2.45, 2.75) is 32.2 Å². The van der Waals surface area contributed by atoms with Gasteiger partial charge in [0.25, 0.3) is 5.91 Å². The second kappa shape index (κ2) is 11.9. The van der Waals surface area contributed by atoms with Crippen LogP contribution in [0.25, 0.3) is 11.1 Å². The van der Waals surface area contributed by atoms with Crippen LogP contribution in [-0.2, 0) is 17.9 Å². The Morgan fingerprint density at radius 2 is 1.44 bits per heavy atom. The van der Waals surface area contributed by atoms with E-state index in [2.05, 4.69) is 10.6 Å². The van der Waals surface area contributed by atoms with Crippen LogP contribution in [0.3, 0.4) is 0 Å². The number of benzene rings is 3. The molecule has 0 fully saturated rings. The predicted octanol–water partition coefficient (Wildman–Crippen LogP) is 5.85. The molecule has 0 radical (unpaired) electrons. The maximum absolute atomic E-state index is 12.7. The molecule has 0 saturated carbocycles. The van der Waals surface area contributed by atoms with Crippen molar-refractivity contribution in [1.29, 1.82) is 0 Å². The van der Waals surface area contributed by atoms with Crippen LogP contribution in [0.1, 0.15) is 34.3 Å². The molecule has 2 amide bonds. The molecule has 0 aliphatic rings. The third-order valence-electron chi connectivity index (χ3n) is 5.04. The van der Waals surface area contributed by atoms with Gasteiger partial charge in [0.05, 0.1) is 0 Å². The lowest BCUT2D eigenvalue weighted by Gasteiger charge is -2.15. The van der Waals surface area contributed by atoms with Gasteiger partial charge in [-0.1, -0.05) is 72.8 Å². The Labute approximate surface area is 195 Å². The molecule has 0 aliphatic heterocycles. The summed E-state index contributed by atoms with van der Waals surface area (Å²) in [6, 6.07) is 23.4. The first-order chi connectivity index (χ1) is 16.3. The zero-order chi connectivity index (χ0) is 24.4. The number of ether oxygens (including phenoxy) is 1. The molecule has 0 heterocycles. The molecule has 8 heteroatoms. The van der Waals surface area contributed by atoms with Crippen molar-refractivity contribution in [3.8, 4) is 11.1 Å². The zero-order valence-electron chi connectivity index (χ0n) is 18.4. The Hall–Kier alpha value is -3.81. The van der Waals surface area contributed by atoms with Crippen LogP contribution in [0, 0.1) is 0 Å². The molecule has 5 nitrogen and oxygen atoms in total. The molecule has 2 N–H and O–H groups in total. The smallest absolute Gasteiger partial charge is 0.407 e. The number of hydrogen-bond donors (Lipinski definition) is 2. The van der Waals surface area contributed by atoms with Crippen LogP contribution in [0.15, 0.2) is 78.9 Å². The monoisotopic (exact) mass is 470 g/mol.